The van der Waals surface area contributed by atoms with E-state index in [0.717, 1.165) is 18.7 Å². The summed E-state index contributed by atoms with van der Waals surface area (Å²) in [5.41, 5.74) is 0.992. The molecule has 0 spiro atoms. The Morgan fingerprint density at radius 2 is 2.18 bits per heavy atom. The van der Waals surface area contributed by atoms with E-state index in [2.05, 4.69) is 19.2 Å². The van der Waals surface area contributed by atoms with Crippen molar-refractivity contribution >= 4 is 11.7 Å². The van der Waals surface area contributed by atoms with Crippen LogP contribution in [0, 0.1) is 5.92 Å². The van der Waals surface area contributed by atoms with Gasteiger partial charge in [-0.25, -0.2) is 4.79 Å². The number of hydrogen-bond acceptors (Lipinski definition) is 3. The Hall–Kier alpha value is -1.71. The lowest BCUT2D eigenvalue weighted by atomic mass is 10.1. The van der Waals surface area contributed by atoms with Crippen molar-refractivity contribution in [1.29, 1.82) is 0 Å². The standard InChI is InChI=1S/C13H19NO3/c1-9(2)6-7-14-11-8-10(13(15)16)4-5-12(11)17-3/h4-5,8-9,14H,6-7H2,1-3H3,(H,15,16). The number of hydrogen-bond donors (Lipinski definition) is 2. The molecule has 1 aromatic rings. The molecule has 0 unspecified atom stereocenters. The second kappa shape index (κ2) is 6.13. The van der Waals surface area contributed by atoms with E-state index in [1.54, 1.807) is 19.2 Å². The van der Waals surface area contributed by atoms with Gasteiger partial charge in [-0.15, -0.1) is 0 Å². The number of methoxy groups -OCH3 is 1. The molecular formula is C13H19NO3. The van der Waals surface area contributed by atoms with Crippen LogP contribution in [-0.2, 0) is 0 Å². The number of rotatable bonds is 6. The van der Waals surface area contributed by atoms with Gasteiger partial charge in [0, 0.05) is 6.54 Å². The normalized spacial score (nSPS) is 10.4. The Morgan fingerprint density at radius 1 is 1.47 bits per heavy atom. The van der Waals surface area contributed by atoms with Crippen LogP contribution in [0.15, 0.2) is 18.2 Å². The molecule has 4 heteroatoms. The van der Waals surface area contributed by atoms with Crippen molar-refractivity contribution in [2.75, 3.05) is 19.0 Å². The highest BCUT2D eigenvalue weighted by molar-refractivity contribution is 5.89. The summed E-state index contributed by atoms with van der Waals surface area (Å²) in [5, 5.41) is 12.1. The van der Waals surface area contributed by atoms with E-state index in [0.29, 0.717) is 11.7 Å². The minimum atomic E-state index is -0.931. The minimum Gasteiger partial charge on any atom is -0.495 e. The molecular weight excluding hydrogens is 218 g/mol. The van der Waals surface area contributed by atoms with Crippen molar-refractivity contribution in [3.05, 3.63) is 23.8 Å². The van der Waals surface area contributed by atoms with E-state index in [1.165, 1.54) is 6.07 Å². The fourth-order valence-electron chi connectivity index (χ4n) is 1.47. The molecule has 4 nitrogen and oxygen atoms in total. The number of carboxylic acid groups (broad SMARTS) is 1. The predicted molar refractivity (Wildman–Crippen MR) is 67.9 cm³/mol. The maximum Gasteiger partial charge on any atom is 0.335 e. The van der Waals surface area contributed by atoms with E-state index in [4.69, 9.17) is 9.84 Å². The van der Waals surface area contributed by atoms with Crippen LogP contribution in [0.25, 0.3) is 0 Å². The van der Waals surface area contributed by atoms with Crippen LogP contribution in [0.2, 0.25) is 0 Å². The first kappa shape index (κ1) is 13.4. The first-order chi connectivity index (χ1) is 8.04. The van der Waals surface area contributed by atoms with Crippen LogP contribution in [0.1, 0.15) is 30.6 Å². The average molecular weight is 237 g/mol. The fraction of sp³-hybridized carbons (Fsp3) is 0.462. The lowest BCUT2D eigenvalue weighted by Gasteiger charge is -2.12. The second-order valence-corrected chi connectivity index (χ2v) is 4.33. The zero-order valence-corrected chi connectivity index (χ0v) is 10.5. The Labute approximate surface area is 102 Å². The summed E-state index contributed by atoms with van der Waals surface area (Å²) < 4.78 is 5.18. The zero-order chi connectivity index (χ0) is 12.8. The number of carbonyl (C=O) groups is 1. The highest BCUT2D eigenvalue weighted by atomic mass is 16.5. The molecule has 17 heavy (non-hydrogen) atoms. The average Bonchev–Trinajstić information content (AvgIpc) is 2.28. The van der Waals surface area contributed by atoms with Gasteiger partial charge < -0.3 is 15.2 Å². The van der Waals surface area contributed by atoms with Gasteiger partial charge in [0.25, 0.3) is 0 Å². The van der Waals surface area contributed by atoms with Crippen molar-refractivity contribution in [2.24, 2.45) is 5.92 Å². The lowest BCUT2D eigenvalue weighted by molar-refractivity contribution is 0.0697. The predicted octanol–water partition coefficient (Wildman–Crippen LogP) is 2.85. The van der Waals surface area contributed by atoms with Gasteiger partial charge in [0.05, 0.1) is 18.4 Å². The van der Waals surface area contributed by atoms with Gasteiger partial charge in [0.15, 0.2) is 0 Å². The summed E-state index contributed by atoms with van der Waals surface area (Å²) in [6.45, 7) is 5.09. The monoisotopic (exact) mass is 237 g/mol. The van der Waals surface area contributed by atoms with Crippen molar-refractivity contribution in [2.45, 2.75) is 20.3 Å². The number of benzene rings is 1. The van der Waals surface area contributed by atoms with Gasteiger partial charge in [0.1, 0.15) is 5.75 Å². The molecule has 0 saturated carbocycles. The molecule has 94 valence electrons. The van der Waals surface area contributed by atoms with Gasteiger partial charge in [-0.05, 0) is 30.5 Å². The number of carboxylic acids is 1. The second-order valence-electron chi connectivity index (χ2n) is 4.33. The summed E-state index contributed by atoms with van der Waals surface area (Å²) in [7, 11) is 1.57. The van der Waals surface area contributed by atoms with Gasteiger partial charge in [-0.2, -0.15) is 0 Å². The molecule has 0 fully saturated rings. The Balaban J connectivity index is 2.79. The van der Waals surface area contributed by atoms with E-state index >= 15 is 0 Å². The number of aromatic carboxylic acids is 1. The number of ether oxygens (including phenoxy) is 1. The zero-order valence-electron chi connectivity index (χ0n) is 10.5. The van der Waals surface area contributed by atoms with Crippen LogP contribution >= 0.6 is 0 Å². The van der Waals surface area contributed by atoms with E-state index < -0.39 is 5.97 Å². The molecule has 1 aromatic carbocycles. The molecule has 0 saturated heterocycles. The molecule has 0 aliphatic heterocycles. The van der Waals surface area contributed by atoms with Gasteiger partial charge >= 0.3 is 5.97 Å². The Morgan fingerprint density at radius 3 is 2.71 bits per heavy atom. The Bertz CT molecular complexity index is 388. The van der Waals surface area contributed by atoms with Crippen LogP contribution in [-0.4, -0.2) is 24.7 Å². The van der Waals surface area contributed by atoms with E-state index in [1.807, 2.05) is 0 Å². The van der Waals surface area contributed by atoms with Crippen LogP contribution < -0.4 is 10.1 Å². The molecule has 0 aromatic heterocycles. The molecule has 0 aliphatic carbocycles. The van der Waals surface area contributed by atoms with E-state index in [9.17, 15) is 4.79 Å². The molecule has 0 atom stereocenters. The molecule has 0 bridgehead atoms. The maximum atomic E-state index is 10.9. The summed E-state index contributed by atoms with van der Waals surface area (Å²) in [5.74, 6) is 0.342. The van der Waals surface area contributed by atoms with Crippen molar-refractivity contribution in [3.8, 4) is 5.75 Å². The van der Waals surface area contributed by atoms with Crippen LogP contribution in [0.3, 0.4) is 0 Å². The van der Waals surface area contributed by atoms with E-state index in [-0.39, 0.29) is 5.56 Å². The van der Waals surface area contributed by atoms with Crippen molar-refractivity contribution in [3.63, 3.8) is 0 Å². The quantitative estimate of drug-likeness (QED) is 0.798. The van der Waals surface area contributed by atoms with Crippen LogP contribution in [0.4, 0.5) is 5.69 Å². The van der Waals surface area contributed by atoms with Crippen LogP contribution in [0.5, 0.6) is 5.75 Å². The molecule has 0 radical (unpaired) electrons. The fourth-order valence-corrected chi connectivity index (χ4v) is 1.47. The highest BCUT2D eigenvalue weighted by Gasteiger charge is 2.08. The van der Waals surface area contributed by atoms with Crippen molar-refractivity contribution in [1.82, 2.24) is 0 Å². The molecule has 0 aliphatic rings. The largest absolute Gasteiger partial charge is 0.495 e. The summed E-state index contributed by atoms with van der Waals surface area (Å²) in [6, 6.07) is 4.80. The third kappa shape index (κ3) is 3.98. The maximum absolute atomic E-state index is 10.9. The lowest BCUT2D eigenvalue weighted by Crippen LogP contribution is -2.07. The Kier molecular flexibility index (Phi) is 4.82. The minimum absolute atomic E-state index is 0.262. The summed E-state index contributed by atoms with van der Waals surface area (Å²) >= 11 is 0. The SMILES string of the molecule is COc1ccc(C(=O)O)cc1NCCC(C)C. The molecule has 1 rings (SSSR count). The number of nitrogens with one attached hydrogen (secondary N) is 1. The molecule has 2 N–H and O–H groups in total. The van der Waals surface area contributed by atoms with Gasteiger partial charge in [-0.3, -0.25) is 0 Å². The van der Waals surface area contributed by atoms with Crippen molar-refractivity contribution < 1.29 is 14.6 Å². The third-order valence-corrected chi connectivity index (χ3v) is 2.48. The molecule has 0 heterocycles. The first-order valence-corrected chi connectivity index (χ1v) is 5.69. The number of anilines is 1. The van der Waals surface area contributed by atoms with Gasteiger partial charge in [-0.1, -0.05) is 13.8 Å². The van der Waals surface area contributed by atoms with Gasteiger partial charge in [0.2, 0.25) is 0 Å². The summed E-state index contributed by atoms with van der Waals surface area (Å²) in [6.07, 6.45) is 1.03. The topological polar surface area (TPSA) is 58.6 Å². The first-order valence-electron chi connectivity index (χ1n) is 5.69. The third-order valence-electron chi connectivity index (χ3n) is 2.48. The highest BCUT2D eigenvalue weighted by Crippen LogP contribution is 2.25. The smallest absolute Gasteiger partial charge is 0.335 e. The molecule has 0 amide bonds. The summed E-state index contributed by atoms with van der Waals surface area (Å²) in [4.78, 5) is 10.9.